The number of aryl methyl sites for hydroxylation is 1. The van der Waals surface area contributed by atoms with Crippen molar-refractivity contribution in [3.8, 4) is 22.1 Å². The van der Waals surface area contributed by atoms with Gasteiger partial charge in [0, 0.05) is 28.4 Å². The van der Waals surface area contributed by atoms with Gasteiger partial charge in [0.1, 0.15) is 11.6 Å². The third kappa shape index (κ3) is 5.42. The van der Waals surface area contributed by atoms with Crippen LogP contribution in [0, 0.1) is 6.92 Å². The van der Waals surface area contributed by atoms with E-state index >= 15 is 0 Å². The Hall–Kier alpha value is -3.54. The van der Waals surface area contributed by atoms with Crippen molar-refractivity contribution in [2.24, 2.45) is 0 Å². The second-order valence-electron chi connectivity index (χ2n) is 8.29. The lowest BCUT2D eigenvalue weighted by Gasteiger charge is -2.14. The Morgan fingerprint density at radius 1 is 0.914 bits per heavy atom. The number of hydrogen-bond acceptors (Lipinski definition) is 5. The normalized spacial score (nSPS) is 10.9. The molecule has 1 N–H and O–H groups in total. The fraction of sp³-hybridized carbons (Fsp3) is 0.138. The molecular formula is C29H25ClN2O2S. The van der Waals surface area contributed by atoms with E-state index < -0.39 is 0 Å². The van der Waals surface area contributed by atoms with E-state index in [2.05, 4.69) is 54.7 Å². The van der Waals surface area contributed by atoms with Crippen molar-refractivity contribution in [3.05, 3.63) is 107 Å². The van der Waals surface area contributed by atoms with E-state index in [9.17, 15) is 0 Å². The van der Waals surface area contributed by atoms with Crippen LogP contribution in [-0.2, 0) is 13.2 Å². The summed E-state index contributed by atoms with van der Waals surface area (Å²) in [7, 11) is 1.65. The van der Waals surface area contributed by atoms with Crippen LogP contribution in [0.25, 0.3) is 20.8 Å². The second kappa shape index (κ2) is 10.4. The monoisotopic (exact) mass is 500 g/mol. The van der Waals surface area contributed by atoms with Gasteiger partial charge in [0.25, 0.3) is 0 Å². The second-order valence-corrected chi connectivity index (χ2v) is 9.72. The molecule has 1 aromatic heterocycles. The number of hydrogen-bond donors (Lipinski definition) is 1. The first kappa shape index (κ1) is 23.2. The molecule has 0 aliphatic carbocycles. The van der Waals surface area contributed by atoms with Gasteiger partial charge < -0.3 is 14.8 Å². The number of nitrogens with one attached hydrogen (secondary N) is 1. The summed E-state index contributed by atoms with van der Waals surface area (Å²) in [6.45, 7) is 3.14. The fourth-order valence-corrected chi connectivity index (χ4v) is 4.95. The molecule has 0 bridgehead atoms. The van der Waals surface area contributed by atoms with Crippen LogP contribution in [0.1, 0.15) is 16.7 Å². The molecule has 0 radical (unpaired) electrons. The van der Waals surface area contributed by atoms with Gasteiger partial charge in [-0.3, -0.25) is 0 Å². The molecule has 4 nitrogen and oxygen atoms in total. The van der Waals surface area contributed by atoms with Crippen molar-refractivity contribution in [2.75, 3.05) is 12.4 Å². The highest BCUT2D eigenvalue weighted by atomic mass is 35.5. The van der Waals surface area contributed by atoms with Crippen molar-refractivity contribution in [1.82, 2.24) is 4.98 Å². The molecular weight excluding hydrogens is 476 g/mol. The van der Waals surface area contributed by atoms with Gasteiger partial charge in [-0.05, 0) is 72.6 Å². The molecule has 0 fully saturated rings. The number of fused-ring (bicyclic) bond motifs is 1. The van der Waals surface area contributed by atoms with Crippen molar-refractivity contribution in [2.45, 2.75) is 20.1 Å². The van der Waals surface area contributed by atoms with Gasteiger partial charge in [-0.15, -0.1) is 11.3 Å². The lowest BCUT2D eigenvalue weighted by molar-refractivity contribution is 0.284. The number of halogens is 1. The highest BCUT2D eigenvalue weighted by Crippen LogP contribution is 2.32. The predicted octanol–water partition coefficient (Wildman–Crippen LogP) is 8.12. The van der Waals surface area contributed by atoms with Crippen LogP contribution in [0.3, 0.4) is 0 Å². The van der Waals surface area contributed by atoms with E-state index in [1.807, 2.05) is 42.5 Å². The molecule has 0 aliphatic rings. The average Bonchev–Trinajstić information content (AvgIpc) is 3.31. The smallest absolute Gasteiger partial charge is 0.161 e. The fourth-order valence-electron chi connectivity index (χ4n) is 3.81. The molecule has 1 heterocycles. The molecule has 0 unspecified atom stereocenters. The Morgan fingerprint density at radius 2 is 1.74 bits per heavy atom. The van der Waals surface area contributed by atoms with Gasteiger partial charge in [-0.25, -0.2) is 4.98 Å². The van der Waals surface area contributed by atoms with Crippen LogP contribution in [0.5, 0.6) is 11.5 Å². The van der Waals surface area contributed by atoms with Crippen molar-refractivity contribution >= 4 is 38.8 Å². The maximum absolute atomic E-state index is 6.24. The first-order chi connectivity index (χ1) is 17.1. The molecule has 0 aliphatic heterocycles. The van der Waals surface area contributed by atoms with Crippen LogP contribution in [0.4, 0.5) is 5.69 Å². The Kier molecular flexibility index (Phi) is 6.89. The predicted molar refractivity (Wildman–Crippen MR) is 146 cm³/mol. The Labute approximate surface area is 214 Å². The summed E-state index contributed by atoms with van der Waals surface area (Å²) < 4.78 is 12.7. The molecule has 35 heavy (non-hydrogen) atoms. The van der Waals surface area contributed by atoms with E-state index in [1.54, 1.807) is 18.4 Å². The number of benzene rings is 4. The van der Waals surface area contributed by atoms with E-state index in [0.29, 0.717) is 29.7 Å². The van der Waals surface area contributed by atoms with Crippen LogP contribution < -0.4 is 14.8 Å². The van der Waals surface area contributed by atoms with Gasteiger partial charge in [0.05, 0.1) is 17.3 Å². The molecule has 0 saturated carbocycles. The number of ether oxygens (including phenoxy) is 2. The average molecular weight is 501 g/mol. The van der Waals surface area contributed by atoms with E-state index in [4.69, 9.17) is 26.1 Å². The molecule has 0 saturated heterocycles. The van der Waals surface area contributed by atoms with Crippen molar-refractivity contribution in [3.63, 3.8) is 0 Å². The molecule has 0 atom stereocenters. The summed E-state index contributed by atoms with van der Waals surface area (Å²) in [4.78, 5) is 4.80. The van der Waals surface area contributed by atoms with E-state index in [1.165, 1.54) is 10.3 Å². The number of rotatable bonds is 8. The van der Waals surface area contributed by atoms with Gasteiger partial charge in [-0.2, -0.15) is 0 Å². The standard InChI is InChI=1S/C29H25ClN2O2S/c1-19-7-14-28-25(15-19)32-29(35-28)21-9-11-23(12-10-21)31-17-20-8-13-26(27(16-20)33-2)34-18-22-5-3-4-6-24(22)30/h3-16,31H,17-18H2,1-2H3. The molecule has 0 amide bonds. The lowest BCUT2D eigenvalue weighted by Crippen LogP contribution is -2.02. The topological polar surface area (TPSA) is 43.4 Å². The Morgan fingerprint density at radius 3 is 2.54 bits per heavy atom. The van der Waals surface area contributed by atoms with E-state index in [0.717, 1.165) is 32.9 Å². The molecule has 4 aromatic carbocycles. The zero-order valence-electron chi connectivity index (χ0n) is 19.5. The third-order valence-electron chi connectivity index (χ3n) is 5.74. The van der Waals surface area contributed by atoms with E-state index in [-0.39, 0.29) is 0 Å². The Balaban J connectivity index is 1.23. The first-order valence-corrected chi connectivity index (χ1v) is 12.5. The third-order valence-corrected chi connectivity index (χ3v) is 7.19. The largest absolute Gasteiger partial charge is 0.493 e. The number of nitrogens with zero attached hydrogens (tertiary/aromatic N) is 1. The van der Waals surface area contributed by atoms with Crippen LogP contribution in [-0.4, -0.2) is 12.1 Å². The summed E-state index contributed by atoms with van der Waals surface area (Å²) >= 11 is 7.95. The highest BCUT2D eigenvalue weighted by molar-refractivity contribution is 7.21. The molecule has 5 aromatic rings. The quantitative estimate of drug-likeness (QED) is 0.233. The summed E-state index contributed by atoms with van der Waals surface area (Å²) in [5, 5.41) is 5.21. The molecule has 5 rings (SSSR count). The summed E-state index contributed by atoms with van der Waals surface area (Å²) in [6, 6.07) is 28.4. The van der Waals surface area contributed by atoms with Gasteiger partial charge >= 0.3 is 0 Å². The number of aromatic nitrogens is 1. The van der Waals surface area contributed by atoms with Gasteiger partial charge in [0.15, 0.2) is 11.5 Å². The number of anilines is 1. The minimum Gasteiger partial charge on any atom is -0.493 e. The summed E-state index contributed by atoms with van der Waals surface area (Å²) in [5.74, 6) is 1.38. The number of thiazole rings is 1. The summed E-state index contributed by atoms with van der Waals surface area (Å²) in [5.41, 5.74) is 6.48. The SMILES string of the molecule is COc1cc(CNc2ccc(-c3nc4cc(C)ccc4s3)cc2)ccc1OCc1ccccc1Cl. The highest BCUT2D eigenvalue weighted by Gasteiger charge is 2.09. The van der Waals surface area contributed by atoms with Gasteiger partial charge in [0.2, 0.25) is 0 Å². The minimum atomic E-state index is 0.383. The molecule has 176 valence electrons. The number of methoxy groups -OCH3 is 1. The lowest BCUT2D eigenvalue weighted by atomic mass is 10.1. The van der Waals surface area contributed by atoms with Gasteiger partial charge in [-0.1, -0.05) is 41.9 Å². The Bertz CT molecular complexity index is 1460. The maximum atomic E-state index is 6.24. The first-order valence-electron chi connectivity index (χ1n) is 11.3. The van der Waals surface area contributed by atoms with Crippen LogP contribution in [0.2, 0.25) is 5.02 Å². The molecule has 6 heteroatoms. The zero-order valence-corrected chi connectivity index (χ0v) is 21.1. The zero-order chi connectivity index (χ0) is 24.2. The van der Waals surface area contributed by atoms with Crippen LogP contribution in [0.15, 0.2) is 84.9 Å². The van der Waals surface area contributed by atoms with Crippen LogP contribution >= 0.6 is 22.9 Å². The molecule has 0 spiro atoms. The maximum Gasteiger partial charge on any atom is 0.161 e. The van der Waals surface area contributed by atoms with Crippen molar-refractivity contribution in [1.29, 1.82) is 0 Å². The minimum absolute atomic E-state index is 0.383. The summed E-state index contributed by atoms with van der Waals surface area (Å²) in [6.07, 6.45) is 0. The van der Waals surface area contributed by atoms with Crippen molar-refractivity contribution < 1.29 is 9.47 Å².